The number of para-hydroxylation sites is 1. The first kappa shape index (κ1) is 23.1. The van der Waals surface area contributed by atoms with Crippen molar-refractivity contribution in [2.75, 3.05) is 23.0 Å². The highest BCUT2D eigenvalue weighted by molar-refractivity contribution is 7.92. The Kier molecular flexibility index (Phi) is 7.04. The Hall–Kier alpha value is -3.14. The number of carbonyl (C=O) groups is 1. The Morgan fingerprint density at radius 1 is 1.23 bits per heavy atom. The van der Waals surface area contributed by atoms with Crippen LogP contribution in [0.25, 0.3) is 0 Å². The summed E-state index contributed by atoms with van der Waals surface area (Å²) in [6.45, 7) is 5.33. The van der Waals surface area contributed by atoms with E-state index in [4.69, 9.17) is 4.74 Å². The zero-order valence-corrected chi connectivity index (χ0v) is 18.3. The third-order valence-corrected chi connectivity index (χ3v) is 5.84. The number of nitro benzene ring substituents is 1. The second kappa shape index (κ2) is 9.12. The fraction of sp³-hybridized carbons (Fsp3) is 0.350. The van der Waals surface area contributed by atoms with Gasteiger partial charge in [0.15, 0.2) is 0 Å². The third kappa shape index (κ3) is 4.88. The molecule has 0 spiro atoms. The molecule has 0 fully saturated rings. The van der Waals surface area contributed by atoms with E-state index in [1.807, 2.05) is 32.0 Å². The van der Waals surface area contributed by atoms with Crippen molar-refractivity contribution in [1.82, 2.24) is 0 Å². The molecule has 30 heavy (non-hydrogen) atoms. The SMILES string of the molecule is CCC(C(=O)Nc1c(C)cccc1C)N(c1cc([N+](=O)[O-])ccc1OC)S(C)(=O)=O. The number of nitro groups is 1. The molecule has 1 amide bonds. The van der Waals surface area contributed by atoms with Crippen molar-refractivity contribution >= 4 is 33.0 Å². The third-order valence-electron chi connectivity index (χ3n) is 4.67. The highest BCUT2D eigenvalue weighted by atomic mass is 32.2. The number of aryl methyl sites for hydroxylation is 2. The number of amides is 1. The predicted octanol–water partition coefficient (Wildman–Crippen LogP) is 3.40. The first-order valence-electron chi connectivity index (χ1n) is 9.20. The van der Waals surface area contributed by atoms with Crippen LogP contribution in [-0.2, 0) is 14.8 Å². The van der Waals surface area contributed by atoms with Gasteiger partial charge in [0.25, 0.3) is 5.69 Å². The summed E-state index contributed by atoms with van der Waals surface area (Å²) < 4.78 is 31.5. The number of methoxy groups -OCH3 is 1. The number of hydrogen-bond donors (Lipinski definition) is 1. The van der Waals surface area contributed by atoms with E-state index in [1.54, 1.807) is 6.92 Å². The lowest BCUT2D eigenvalue weighted by molar-refractivity contribution is -0.384. The molecule has 2 rings (SSSR count). The molecule has 162 valence electrons. The highest BCUT2D eigenvalue weighted by Gasteiger charge is 2.34. The normalized spacial score (nSPS) is 12.2. The molecular formula is C20H25N3O6S. The number of sulfonamides is 1. The van der Waals surface area contributed by atoms with Gasteiger partial charge in [0.2, 0.25) is 15.9 Å². The van der Waals surface area contributed by atoms with Crippen LogP contribution in [0.3, 0.4) is 0 Å². The lowest BCUT2D eigenvalue weighted by Gasteiger charge is -2.31. The monoisotopic (exact) mass is 435 g/mol. The second-order valence-corrected chi connectivity index (χ2v) is 8.71. The summed E-state index contributed by atoms with van der Waals surface area (Å²) in [6, 6.07) is 7.99. The average molecular weight is 436 g/mol. The molecule has 0 aliphatic carbocycles. The lowest BCUT2D eigenvalue weighted by atomic mass is 10.1. The van der Waals surface area contributed by atoms with Crippen molar-refractivity contribution in [3.05, 3.63) is 57.6 Å². The predicted molar refractivity (Wildman–Crippen MR) is 116 cm³/mol. The fourth-order valence-electron chi connectivity index (χ4n) is 3.22. The molecule has 0 saturated heterocycles. The van der Waals surface area contributed by atoms with Gasteiger partial charge < -0.3 is 10.1 Å². The molecule has 0 aromatic heterocycles. The van der Waals surface area contributed by atoms with Crippen molar-refractivity contribution in [3.8, 4) is 5.75 Å². The van der Waals surface area contributed by atoms with Gasteiger partial charge in [-0.2, -0.15) is 0 Å². The molecule has 1 unspecified atom stereocenters. The number of non-ortho nitro benzene ring substituents is 1. The van der Waals surface area contributed by atoms with E-state index in [-0.39, 0.29) is 23.5 Å². The molecule has 0 aliphatic rings. The highest BCUT2D eigenvalue weighted by Crippen LogP contribution is 2.36. The van der Waals surface area contributed by atoms with Gasteiger partial charge in [-0.15, -0.1) is 0 Å². The van der Waals surface area contributed by atoms with Crippen molar-refractivity contribution in [3.63, 3.8) is 0 Å². The van der Waals surface area contributed by atoms with Crippen LogP contribution in [-0.4, -0.2) is 38.7 Å². The van der Waals surface area contributed by atoms with Crippen LogP contribution in [0, 0.1) is 24.0 Å². The maximum absolute atomic E-state index is 13.1. The minimum atomic E-state index is -3.99. The summed E-state index contributed by atoms with van der Waals surface area (Å²) in [7, 11) is -2.67. The number of nitrogens with zero attached hydrogens (tertiary/aromatic N) is 2. The van der Waals surface area contributed by atoms with Gasteiger partial charge in [-0.1, -0.05) is 25.1 Å². The van der Waals surface area contributed by atoms with Crippen LogP contribution in [0.2, 0.25) is 0 Å². The Bertz CT molecular complexity index is 1050. The molecule has 1 atom stereocenters. The summed E-state index contributed by atoms with van der Waals surface area (Å²) in [4.78, 5) is 23.7. The van der Waals surface area contributed by atoms with Gasteiger partial charge in [0.05, 0.1) is 18.3 Å². The standard InChI is InChI=1S/C20H25N3O6S/c1-6-16(20(24)21-19-13(2)8-7-9-14(19)3)22(30(5,27)28)17-12-15(23(25)26)10-11-18(17)29-4/h7-12,16H,6H2,1-5H3,(H,21,24). The van der Waals surface area contributed by atoms with E-state index in [2.05, 4.69) is 5.32 Å². The van der Waals surface area contributed by atoms with Gasteiger partial charge in [-0.05, 0) is 37.5 Å². The first-order valence-corrected chi connectivity index (χ1v) is 11.0. The van der Waals surface area contributed by atoms with Crippen molar-refractivity contribution < 1.29 is 22.9 Å². The topological polar surface area (TPSA) is 119 Å². The number of anilines is 2. The number of rotatable bonds is 8. The zero-order chi connectivity index (χ0) is 22.6. The van der Waals surface area contributed by atoms with E-state index in [0.717, 1.165) is 27.8 Å². The van der Waals surface area contributed by atoms with Crippen LogP contribution in [0.4, 0.5) is 17.1 Å². The van der Waals surface area contributed by atoms with Crippen molar-refractivity contribution in [2.45, 2.75) is 33.2 Å². The maximum atomic E-state index is 13.1. The van der Waals surface area contributed by atoms with Gasteiger partial charge in [0.1, 0.15) is 17.5 Å². The maximum Gasteiger partial charge on any atom is 0.271 e. The molecule has 9 nitrogen and oxygen atoms in total. The molecule has 1 N–H and O–H groups in total. The van der Waals surface area contributed by atoms with E-state index >= 15 is 0 Å². The van der Waals surface area contributed by atoms with E-state index < -0.39 is 26.9 Å². The van der Waals surface area contributed by atoms with Crippen LogP contribution < -0.4 is 14.4 Å². The Balaban J connectivity index is 2.59. The number of carbonyl (C=O) groups excluding carboxylic acids is 1. The molecule has 2 aromatic rings. The number of benzene rings is 2. The summed E-state index contributed by atoms with van der Waals surface area (Å²) in [6.07, 6.45) is 1.08. The molecule has 0 aliphatic heterocycles. The number of ether oxygens (including phenoxy) is 1. The molecular weight excluding hydrogens is 410 g/mol. The van der Waals surface area contributed by atoms with Crippen molar-refractivity contribution in [1.29, 1.82) is 0 Å². The molecule has 10 heteroatoms. The minimum Gasteiger partial charge on any atom is -0.495 e. The second-order valence-electron chi connectivity index (χ2n) is 6.85. The largest absolute Gasteiger partial charge is 0.495 e. The van der Waals surface area contributed by atoms with E-state index in [9.17, 15) is 23.3 Å². The smallest absolute Gasteiger partial charge is 0.271 e. The minimum absolute atomic E-state index is 0.0716. The van der Waals surface area contributed by atoms with Gasteiger partial charge in [-0.25, -0.2) is 8.42 Å². The Labute approximate surface area is 175 Å². The fourth-order valence-corrected chi connectivity index (χ4v) is 4.42. The summed E-state index contributed by atoms with van der Waals surface area (Å²) in [5.41, 5.74) is 1.87. The number of nitrogens with one attached hydrogen (secondary N) is 1. The average Bonchev–Trinajstić information content (AvgIpc) is 2.67. The molecule has 0 heterocycles. The van der Waals surface area contributed by atoms with Gasteiger partial charge in [-0.3, -0.25) is 19.2 Å². The van der Waals surface area contributed by atoms with Crippen LogP contribution >= 0.6 is 0 Å². The molecule has 0 saturated carbocycles. The van der Waals surface area contributed by atoms with E-state index in [1.165, 1.54) is 19.2 Å². The Morgan fingerprint density at radius 2 is 1.83 bits per heavy atom. The van der Waals surface area contributed by atoms with Crippen LogP contribution in [0.1, 0.15) is 24.5 Å². The van der Waals surface area contributed by atoms with E-state index in [0.29, 0.717) is 5.69 Å². The zero-order valence-electron chi connectivity index (χ0n) is 17.5. The van der Waals surface area contributed by atoms with Crippen LogP contribution in [0.15, 0.2) is 36.4 Å². The number of hydrogen-bond acceptors (Lipinski definition) is 6. The summed E-state index contributed by atoms with van der Waals surface area (Å²) in [5.74, 6) is -0.446. The summed E-state index contributed by atoms with van der Waals surface area (Å²) in [5, 5.41) is 14.0. The lowest BCUT2D eigenvalue weighted by Crippen LogP contribution is -2.47. The Morgan fingerprint density at radius 3 is 2.30 bits per heavy atom. The van der Waals surface area contributed by atoms with Crippen molar-refractivity contribution in [2.24, 2.45) is 0 Å². The molecule has 2 aromatic carbocycles. The quantitative estimate of drug-likeness (QED) is 0.501. The molecule has 0 radical (unpaired) electrons. The van der Waals surface area contributed by atoms with Gasteiger partial charge in [0, 0.05) is 17.8 Å². The first-order chi connectivity index (χ1) is 14.0. The van der Waals surface area contributed by atoms with Gasteiger partial charge >= 0.3 is 0 Å². The van der Waals surface area contributed by atoms with Crippen LogP contribution in [0.5, 0.6) is 5.75 Å². The summed E-state index contributed by atoms with van der Waals surface area (Å²) >= 11 is 0. The molecule has 0 bridgehead atoms.